The summed E-state index contributed by atoms with van der Waals surface area (Å²) in [4.78, 5) is 15.1. The van der Waals surface area contributed by atoms with Crippen molar-refractivity contribution in [2.24, 2.45) is 16.5 Å². The van der Waals surface area contributed by atoms with E-state index >= 15 is 0 Å². The number of aliphatic imine (C=N–C) groups is 1. The molecule has 4 nitrogen and oxygen atoms in total. The van der Waals surface area contributed by atoms with E-state index in [1.807, 2.05) is 0 Å². The zero-order valence-corrected chi connectivity index (χ0v) is 11.2. The van der Waals surface area contributed by atoms with Gasteiger partial charge in [0.05, 0.1) is 0 Å². The standard InChI is InChI=1S/C14H12FN3O.ClH/c15-12-7-2-1-6-11(12)9-4-3-5-10(8-9)13(19)18-14(16)17;/h1-8H,(H4,16,17,18,19);1H. The maximum absolute atomic E-state index is 13.7. The van der Waals surface area contributed by atoms with Crippen molar-refractivity contribution < 1.29 is 9.18 Å². The predicted molar refractivity (Wildman–Crippen MR) is 79.2 cm³/mol. The average Bonchev–Trinajstić information content (AvgIpc) is 2.38. The summed E-state index contributed by atoms with van der Waals surface area (Å²) in [7, 11) is 0. The van der Waals surface area contributed by atoms with Crippen LogP contribution in [0, 0.1) is 5.82 Å². The van der Waals surface area contributed by atoms with Crippen LogP contribution in [0.1, 0.15) is 10.4 Å². The molecule has 0 unspecified atom stereocenters. The number of benzene rings is 2. The lowest BCUT2D eigenvalue weighted by Crippen LogP contribution is -2.24. The molecule has 0 bridgehead atoms. The maximum Gasteiger partial charge on any atom is 0.280 e. The predicted octanol–water partition coefficient (Wildman–Crippen LogP) is 2.33. The van der Waals surface area contributed by atoms with Gasteiger partial charge in [0.1, 0.15) is 5.82 Å². The van der Waals surface area contributed by atoms with Gasteiger partial charge in [-0.2, -0.15) is 4.99 Å². The summed E-state index contributed by atoms with van der Waals surface area (Å²) in [6.45, 7) is 0. The summed E-state index contributed by atoms with van der Waals surface area (Å²) in [6.07, 6.45) is 0. The van der Waals surface area contributed by atoms with Crippen molar-refractivity contribution >= 4 is 24.3 Å². The van der Waals surface area contributed by atoms with Gasteiger partial charge in [-0.3, -0.25) is 4.79 Å². The van der Waals surface area contributed by atoms with Gasteiger partial charge in [0.2, 0.25) is 0 Å². The Bertz CT molecular complexity index is 654. The Morgan fingerprint density at radius 2 is 1.75 bits per heavy atom. The Kier molecular flexibility index (Phi) is 5.23. The van der Waals surface area contributed by atoms with Gasteiger partial charge >= 0.3 is 0 Å². The third kappa shape index (κ3) is 3.55. The van der Waals surface area contributed by atoms with Crippen LogP contribution in [-0.4, -0.2) is 11.9 Å². The van der Waals surface area contributed by atoms with Gasteiger partial charge in [-0.25, -0.2) is 4.39 Å². The van der Waals surface area contributed by atoms with Crippen LogP contribution in [0.4, 0.5) is 4.39 Å². The third-order valence-corrected chi connectivity index (χ3v) is 2.53. The molecule has 104 valence electrons. The minimum atomic E-state index is -0.557. The number of nitrogens with two attached hydrogens (primary N) is 2. The fourth-order valence-electron chi connectivity index (χ4n) is 1.70. The molecule has 0 fully saturated rings. The molecule has 20 heavy (non-hydrogen) atoms. The molecule has 0 aromatic heterocycles. The van der Waals surface area contributed by atoms with Crippen molar-refractivity contribution in [1.82, 2.24) is 0 Å². The number of carbonyl (C=O) groups excluding carboxylic acids is 1. The molecule has 0 spiro atoms. The second-order valence-corrected chi connectivity index (χ2v) is 3.90. The molecular weight excluding hydrogens is 281 g/mol. The molecule has 6 heteroatoms. The largest absolute Gasteiger partial charge is 0.370 e. The van der Waals surface area contributed by atoms with Crippen LogP contribution in [0.15, 0.2) is 53.5 Å². The molecule has 2 aromatic rings. The molecule has 0 aliphatic rings. The summed E-state index contributed by atoms with van der Waals surface area (Å²) in [5.74, 6) is -1.21. The van der Waals surface area contributed by atoms with Crippen LogP contribution in [0.25, 0.3) is 11.1 Å². The van der Waals surface area contributed by atoms with Gasteiger partial charge in [0, 0.05) is 11.1 Å². The molecule has 1 amide bonds. The van der Waals surface area contributed by atoms with E-state index in [4.69, 9.17) is 11.5 Å². The van der Waals surface area contributed by atoms with E-state index in [1.165, 1.54) is 6.07 Å². The van der Waals surface area contributed by atoms with Gasteiger partial charge in [-0.15, -0.1) is 12.4 Å². The number of hydrogen-bond acceptors (Lipinski definition) is 1. The molecule has 0 aliphatic carbocycles. The highest BCUT2D eigenvalue weighted by Crippen LogP contribution is 2.23. The van der Waals surface area contributed by atoms with Crippen molar-refractivity contribution in [3.8, 4) is 11.1 Å². The average molecular weight is 294 g/mol. The molecular formula is C14H13ClFN3O. The van der Waals surface area contributed by atoms with Crippen LogP contribution in [-0.2, 0) is 0 Å². The molecule has 2 aromatic carbocycles. The van der Waals surface area contributed by atoms with Gasteiger partial charge in [0.15, 0.2) is 5.96 Å². The molecule has 0 atom stereocenters. The van der Waals surface area contributed by atoms with E-state index in [0.717, 1.165) is 0 Å². The molecule has 4 N–H and O–H groups in total. The van der Waals surface area contributed by atoms with E-state index < -0.39 is 5.91 Å². The number of nitrogens with zero attached hydrogens (tertiary/aromatic N) is 1. The lowest BCUT2D eigenvalue weighted by molar-refractivity contribution is 0.100. The highest BCUT2D eigenvalue weighted by molar-refractivity contribution is 6.02. The van der Waals surface area contributed by atoms with E-state index in [0.29, 0.717) is 16.7 Å². The minimum absolute atomic E-state index is 0. The fraction of sp³-hybridized carbons (Fsp3) is 0. The van der Waals surface area contributed by atoms with Gasteiger partial charge in [-0.05, 0) is 23.8 Å². The normalized spacial score (nSPS) is 9.45. The van der Waals surface area contributed by atoms with Crippen molar-refractivity contribution in [2.45, 2.75) is 0 Å². The second kappa shape index (κ2) is 6.68. The van der Waals surface area contributed by atoms with E-state index in [1.54, 1.807) is 42.5 Å². The zero-order chi connectivity index (χ0) is 13.8. The number of hydrogen-bond donors (Lipinski definition) is 2. The Hall–Kier alpha value is -2.40. The molecule has 0 saturated carbocycles. The number of halogens is 2. The highest BCUT2D eigenvalue weighted by atomic mass is 35.5. The Morgan fingerprint density at radius 1 is 1.05 bits per heavy atom. The van der Waals surface area contributed by atoms with Crippen molar-refractivity contribution in [3.63, 3.8) is 0 Å². The van der Waals surface area contributed by atoms with Gasteiger partial charge in [-0.1, -0.05) is 30.3 Å². The number of guanidine groups is 1. The molecule has 0 heterocycles. The number of carbonyl (C=O) groups is 1. The summed E-state index contributed by atoms with van der Waals surface area (Å²) in [5.41, 5.74) is 11.6. The first-order valence-corrected chi connectivity index (χ1v) is 5.57. The summed E-state index contributed by atoms with van der Waals surface area (Å²) in [6, 6.07) is 12.8. The first-order valence-electron chi connectivity index (χ1n) is 5.57. The molecule has 0 aliphatic heterocycles. The summed E-state index contributed by atoms with van der Waals surface area (Å²) >= 11 is 0. The van der Waals surface area contributed by atoms with E-state index in [9.17, 15) is 9.18 Å². The quantitative estimate of drug-likeness (QED) is 0.658. The number of amides is 1. The van der Waals surface area contributed by atoms with Crippen molar-refractivity contribution in [1.29, 1.82) is 0 Å². The summed E-state index contributed by atoms with van der Waals surface area (Å²) < 4.78 is 13.7. The molecule has 0 saturated heterocycles. The first-order chi connectivity index (χ1) is 9.08. The van der Waals surface area contributed by atoms with Gasteiger partial charge in [0.25, 0.3) is 5.91 Å². The van der Waals surface area contributed by atoms with Crippen molar-refractivity contribution in [2.75, 3.05) is 0 Å². The van der Waals surface area contributed by atoms with Crippen molar-refractivity contribution in [3.05, 3.63) is 59.9 Å². The van der Waals surface area contributed by atoms with Crippen LogP contribution >= 0.6 is 12.4 Å². The van der Waals surface area contributed by atoms with E-state index in [2.05, 4.69) is 4.99 Å². The lowest BCUT2D eigenvalue weighted by atomic mass is 10.0. The van der Waals surface area contributed by atoms with Crippen LogP contribution in [0.3, 0.4) is 0 Å². The topological polar surface area (TPSA) is 81.5 Å². The van der Waals surface area contributed by atoms with Crippen LogP contribution in [0.2, 0.25) is 0 Å². The fourth-order valence-corrected chi connectivity index (χ4v) is 1.70. The maximum atomic E-state index is 13.7. The SMILES string of the molecule is Cl.NC(N)=NC(=O)c1cccc(-c2ccccc2F)c1. The molecule has 2 rings (SSSR count). The second-order valence-electron chi connectivity index (χ2n) is 3.90. The Balaban J connectivity index is 0.00000200. The minimum Gasteiger partial charge on any atom is -0.370 e. The first kappa shape index (κ1) is 15.7. The Morgan fingerprint density at radius 3 is 2.40 bits per heavy atom. The third-order valence-electron chi connectivity index (χ3n) is 2.53. The zero-order valence-electron chi connectivity index (χ0n) is 10.4. The monoisotopic (exact) mass is 293 g/mol. The van der Waals surface area contributed by atoms with Crippen LogP contribution in [0.5, 0.6) is 0 Å². The van der Waals surface area contributed by atoms with Crippen LogP contribution < -0.4 is 11.5 Å². The Labute approximate surface area is 121 Å². The van der Waals surface area contributed by atoms with E-state index in [-0.39, 0.29) is 24.2 Å². The summed E-state index contributed by atoms with van der Waals surface area (Å²) in [5, 5.41) is 0. The lowest BCUT2D eigenvalue weighted by Gasteiger charge is -2.04. The smallest absolute Gasteiger partial charge is 0.280 e. The number of rotatable bonds is 2. The highest BCUT2D eigenvalue weighted by Gasteiger charge is 2.08. The molecule has 0 radical (unpaired) electrons. The van der Waals surface area contributed by atoms with Gasteiger partial charge < -0.3 is 11.5 Å².